The van der Waals surface area contributed by atoms with E-state index in [2.05, 4.69) is 17.4 Å². The van der Waals surface area contributed by atoms with E-state index in [9.17, 15) is 24.6 Å². The molecule has 6 aromatic rings. The van der Waals surface area contributed by atoms with E-state index in [1.807, 2.05) is 18.2 Å². The summed E-state index contributed by atoms with van der Waals surface area (Å²) in [4.78, 5) is 36.1. The fraction of sp³-hybridized carbons (Fsp3) is 0.0938. The molecule has 0 saturated carbocycles. The maximum Gasteiger partial charge on any atom is 0.336 e. The van der Waals surface area contributed by atoms with Gasteiger partial charge in [0.1, 0.15) is 5.75 Å². The van der Waals surface area contributed by atoms with Crippen molar-refractivity contribution in [2.75, 3.05) is 13.6 Å². The monoisotopic (exact) mass is 518 g/mol. The Morgan fingerprint density at radius 1 is 0.769 bits per heavy atom. The highest BCUT2D eigenvalue weighted by Gasteiger charge is 2.23. The highest BCUT2D eigenvalue weighted by atomic mass is 16.4. The number of nitrogens with two attached hydrogens (primary N) is 1. The van der Waals surface area contributed by atoms with Crippen LogP contribution in [0.5, 0.6) is 5.75 Å². The summed E-state index contributed by atoms with van der Waals surface area (Å²) >= 11 is 0. The maximum atomic E-state index is 12.5. The summed E-state index contributed by atoms with van der Waals surface area (Å²) in [6, 6.07) is 23.6. The molecule has 0 bridgehead atoms. The number of aldehydes is 1. The molecule has 0 aliphatic heterocycles. The zero-order valence-corrected chi connectivity index (χ0v) is 21.2. The molecule has 39 heavy (non-hydrogen) atoms. The molecule has 0 heterocycles. The minimum atomic E-state index is -1.12. The maximum absolute atomic E-state index is 12.5. The Hall–Kier alpha value is -5.01. The Kier molecular flexibility index (Phi) is 6.83. The third-order valence-electron chi connectivity index (χ3n) is 7.02. The minimum absolute atomic E-state index is 0.00142. The van der Waals surface area contributed by atoms with Gasteiger partial charge >= 0.3 is 5.97 Å². The molecule has 0 unspecified atom stereocenters. The Balaban J connectivity index is 0.000000292. The molecule has 0 aliphatic rings. The predicted molar refractivity (Wildman–Crippen MR) is 154 cm³/mol. The number of nitrogens with one attached hydrogen (secondary N) is 1. The van der Waals surface area contributed by atoms with Crippen LogP contribution in [0.4, 0.5) is 0 Å². The molecule has 0 atom stereocenters. The zero-order valence-electron chi connectivity index (χ0n) is 21.2. The summed E-state index contributed by atoms with van der Waals surface area (Å²) < 4.78 is 0. The van der Waals surface area contributed by atoms with Crippen LogP contribution in [-0.2, 0) is 6.42 Å². The van der Waals surface area contributed by atoms with Crippen LogP contribution in [0.25, 0.3) is 43.1 Å². The molecule has 1 amide bonds. The molecule has 0 radical (unpaired) electrons. The van der Waals surface area contributed by atoms with Crippen molar-refractivity contribution in [3.05, 3.63) is 101 Å². The molecule has 0 saturated heterocycles. The quantitative estimate of drug-likeness (QED) is 0.135. The number of benzene rings is 6. The SMILES string of the molecule is CNC(=O)c1ccc2c3ccc(O)c4c(C=O)ccc(c5ccc(C(=O)O)c1c52)c43.NCCc1ccccc1. The van der Waals surface area contributed by atoms with Crippen LogP contribution in [0.3, 0.4) is 0 Å². The summed E-state index contributed by atoms with van der Waals surface area (Å²) in [5.74, 6) is -1.50. The van der Waals surface area contributed by atoms with Gasteiger partial charge in [0.15, 0.2) is 6.29 Å². The van der Waals surface area contributed by atoms with Crippen LogP contribution in [0, 0.1) is 0 Å². The Morgan fingerprint density at radius 3 is 1.90 bits per heavy atom. The van der Waals surface area contributed by atoms with Gasteiger partial charge in [-0.1, -0.05) is 60.7 Å². The van der Waals surface area contributed by atoms with Crippen molar-refractivity contribution >= 4 is 61.3 Å². The number of aromatic carboxylic acids is 1. The molecule has 7 nitrogen and oxygen atoms in total. The van der Waals surface area contributed by atoms with Crippen molar-refractivity contribution in [2.24, 2.45) is 5.73 Å². The van der Waals surface area contributed by atoms with E-state index in [0.29, 0.717) is 28.0 Å². The fourth-order valence-electron chi connectivity index (χ4n) is 5.31. The molecule has 6 rings (SSSR count). The van der Waals surface area contributed by atoms with E-state index >= 15 is 0 Å². The first-order chi connectivity index (χ1) is 18.9. The fourth-order valence-corrected chi connectivity index (χ4v) is 5.31. The van der Waals surface area contributed by atoms with Crippen molar-refractivity contribution in [3.8, 4) is 5.75 Å². The number of hydrogen-bond donors (Lipinski definition) is 4. The second-order valence-corrected chi connectivity index (χ2v) is 9.18. The standard InChI is InChI=1S/C24H15NO5.C8H11N/c1-25-23(28)16-6-4-13-15-8-9-18(27)19-11(10-26)2-3-12(20(15)19)14-5-7-17(24(29)30)22(16)21(13)14;9-7-6-8-4-2-1-3-5-8/h2-10,27H,1H3,(H,25,28)(H,29,30);1-5H,6-7,9H2. The Labute approximate surface area is 223 Å². The molecule has 7 heteroatoms. The Bertz CT molecular complexity index is 1860. The van der Waals surface area contributed by atoms with E-state index in [4.69, 9.17) is 5.73 Å². The lowest BCUT2D eigenvalue weighted by Gasteiger charge is -2.18. The second kappa shape index (κ2) is 10.4. The lowest BCUT2D eigenvalue weighted by atomic mass is 9.85. The first-order valence-corrected chi connectivity index (χ1v) is 12.4. The number of rotatable bonds is 5. The van der Waals surface area contributed by atoms with Gasteiger partial charge in [0.05, 0.1) is 5.56 Å². The summed E-state index contributed by atoms with van der Waals surface area (Å²) in [5, 5.41) is 28.1. The molecule has 0 fully saturated rings. The van der Waals surface area contributed by atoms with E-state index in [0.717, 1.165) is 39.9 Å². The molecule has 0 aromatic heterocycles. The average Bonchev–Trinajstić information content (AvgIpc) is 2.96. The summed E-state index contributed by atoms with van der Waals surface area (Å²) in [5.41, 5.74) is 7.37. The average molecular weight is 519 g/mol. The third kappa shape index (κ3) is 4.28. The summed E-state index contributed by atoms with van der Waals surface area (Å²) in [6.45, 7) is 0.740. The Morgan fingerprint density at radius 2 is 1.33 bits per heavy atom. The molecule has 6 aromatic carbocycles. The molecule has 194 valence electrons. The normalized spacial score (nSPS) is 11.0. The number of fused-ring (bicyclic) bond motifs is 2. The molecule has 0 spiro atoms. The van der Waals surface area contributed by atoms with E-state index in [1.54, 1.807) is 36.4 Å². The van der Waals surface area contributed by atoms with E-state index in [1.165, 1.54) is 24.7 Å². The smallest absolute Gasteiger partial charge is 0.336 e. The largest absolute Gasteiger partial charge is 0.507 e. The molecular weight excluding hydrogens is 492 g/mol. The number of carboxylic acids is 1. The first-order valence-electron chi connectivity index (χ1n) is 12.4. The van der Waals surface area contributed by atoms with Crippen molar-refractivity contribution < 1.29 is 24.6 Å². The van der Waals surface area contributed by atoms with Crippen molar-refractivity contribution in [1.82, 2.24) is 5.32 Å². The van der Waals surface area contributed by atoms with E-state index in [-0.39, 0.29) is 22.8 Å². The van der Waals surface area contributed by atoms with Gasteiger partial charge in [0.25, 0.3) is 5.91 Å². The number of carbonyl (C=O) groups excluding carboxylic acids is 2. The van der Waals surface area contributed by atoms with Gasteiger partial charge in [-0.3, -0.25) is 9.59 Å². The number of carbonyl (C=O) groups is 3. The van der Waals surface area contributed by atoms with Crippen LogP contribution in [0.1, 0.15) is 36.6 Å². The van der Waals surface area contributed by atoms with Crippen molar-refractivity contribution in [3.63, 3.8) is 0 Å². The number of phenols is 1. The predicted octanol–water partition coefficient (Wildman–Crippen LogP) is 5.50. The van der Waals surface area contributed by atoms with Gasteiger partial charge < -0.3 is 21.3 Å². The van der Waals surface area contributed by atoms with Crippen molar-refractivity contribution in [2.45, 2.75) is 6.42 Å². The van der Waals surface area contributed by atoms with Gasteiger partial charge in [-0.25, -0.2) is 4.79 Å². The van der Waals surface area contributed by atoms with Gasteiger partial charge in [0.2, 0.25) is 0 Å². The highest BCUT2D eigenvalue weighted by molar-refractivity contribution is 6.37. The lowest BCUT2D eigenvalue weighted by Crippen LogP contribution is -2.19. The molecular formula is C32H26N2O5. The zero-order chi connectivity index (χ0) is 27.7. The van der Waals surface area contributed by atoms with Crippen LogP contribution in [-0.4, -0.2) is 42.0 Å². The molecule has 5 N–H and O–H groups in total. The minimum Gasteiger partial charge on any atom is -0.507 e. The van der Waals surface area contributed by atoms with Gasteiger partial charge in [-0.05, 0) is 63.7 Å². The van der Waals surface area contributed by atoms with Gasteiger partial charge in [-0.2, -0.15) is 0 Å². The topological polar surface area (TPSA) is 130 Å². The van der Waals surface area contributed by atoms with E-state index < -0.39 is 5.97 Å². The summed E-state index contributed by atoms with van der Waals surface area (Å²) in [6.07, 6.45) is 1.69. The van der Waals surface area contributed by atoms with Crippen LogP contribution < -0.4 is 11.1 Å². The highest BCUT2D eigenvalue weighted by Crippen LogP contribution is 2.44. The number of aromatic hydroxyl groups is 1. The third-order valence-corrected chi connectivity index (χ3v) is 7.02. The number of carboxylic acid groups (broad SMARTS) is 1. The first kappa shape index (κ1) is 25.6. The van der Waals surface area contributed by atoms with Gasteiger partial charge in [0, 0.05) is 34.3 Å². The molecule has 0 aliphatic carbocycles. The van der Waals surface area contributed by atoms with Crippen molar-refractivity contribution in [1.29, 1.82) is 0 Å². The summed E-state index contributed by atoms with van der Waals surface area (Å²) in [7, 11) is 1.50. The van der Waals surface area contributed by atoms with Gasteiger partial charge in [-0.15, -0.1) is 0 Å². The lowest BCUT2D eigenvalue weighted by molar-refractivity contribution is 0.0699. The number of amides is 1. The van der Waals surface area contributed by atoms with Crippen LogP contribution in [0.15, 0.2) is 78.9 Å². The number of phenolic OH excluding ortho intramolecular Hbond substituents is 1. The number of hydrogen-bond acceptors (Lipinski definition) is 5. The van der Waals surface area contributed by atoms with Crippen LogP contribution in [0.2, 0.25) is 0 Å². The van der Waals surface area contributed by atoms with Crippen LogP contribution >= 0.6 is 0 Å². The second-order valence-electron chi connectivity index (χ2n) is 9.18.